The minimum Gasteiger partial charge on any atom is -0.388 e. The summed E-state index contributed by atoms with van der Waals surface area (Å²) in [5, 5.41) is 14.3. The molecule has 2 unspecified atom stereocenters. The van der Waals surface area contributed by atoms with Crippen LogP contribution >= 0.6 is 0 Å². The van der Waals surface area contributed by atoms with E-state index >= 15 is 0 Å². The minimum atomic E-state index is -0.506. The molecule has 0 spiro atoms. The molecule has 2 atom stereocenters. The zero-order valence-corrected chi connectivity index (χ0v) is 9.28. The highest BCUT2D eigenvalue weighted by Gasteiger charge is 2.22. The Hall–Kier alpha value is -0.870. The fourth-order valence-corrected chi connectivity index (χ4v) is 1.63. The molecule has 4 nitrogen and oxygen atoms in total. The molecule has 0 fully saturated rings. The van der Waals surface area contributed by atoms with Crippen LogP contribution in [0.3, 0.4) is 0 Å². The van der Waals surface area contributed by atoms with Crippen molar-refractivity contribution >= 4 is 0 Å². The Morgan fingerprint density at radius 3 is 2.43 bits per heavy atom. The molecule has 0 saturated carbocycles. The molecule has 14 heavy (non-hydrogen) atoms. The minimum absolute atomic E-state index is 0.0663. The molecule has 1 aromatic rings. The van der Waals surface area contributed by atoms with Gasteiger partial charge < -0.3 is 10.8 Å². The van der Waals surface area contributed by atoms with Crippen LogP contribution in [-0.4, -0.2) is 21.4 Å². The van der Waals surface area contributed by atoms with Crippen LogP contribution in [0, 0.1) is 19.8 Å². The smallest absolute Gasteiger partial charge is 0.0863 e. The van der Waals surface area contributed by atoms with Crippen molar-refractivity contribution in [3.63, 3.8) is 0 Å². The molecular weight excluding hydrogens is 178 g/mol. The Morgan fingerprint density at radius 2 is 2.07 bits per heavy atom. The molecule has 1 rings (SSSR count). The quantitative estimate of drug-likeness (QED) is 0.748. The van der Waals surface area contributed by atoms with Gasteiger partial charge in [-0.1, -0.05) is 6.92 Å². The fourth-order valence-electron chi connectivity index (χ4n) is 1.63. The van der Waals surface area contributed by atoms with Crippen molar-refractivity contribution in [3.05, 3.63) is 17.0 Å². The van der Waals surface area contributed by atoms with E-state index in [-0.39, 0.29) is 5.92 Å². The maximum absolute atomic E-state index is 10.0. The third-order valence-electron chi connectivity index (χ3n) is 2.77. The number of hydrogen-bond acceptors (Lipinski definition) is 3. The number of rotatable bonds is 3. The van der Waals surface area contributed by atoms with Gasteiger partial charge in [0.2, 0.25) is 0 Å². The molecular formula is C10H19N3O. The molecule has 1 heterocycles. The molecule has 1 aromatic heterocycles. The van der Waals surface area contributed by atoms with Gasteiger partial charge in [-0.05, 0) is 26.3 Å². The predicted octanol–water partition coefficient (Wildman–Crippen LogP) is 0.665. The van der Waals surface area contributed by atoms with Crippen LogP contribution in [0.15, 0.2) is 0 Å². The number of hydrogen-bond donors (Lipinski definition) is 2. The largest absolute Gasteiger partial charge is 0.388 e. The zero-order valence-electron chi connectivity index (χ0n) is 9.28. The Kier molecular flexibility index (Phi) is 3.29. The summed E-state index contributed by atoms with van der Waals surface area (Å²) in [6.07, 6.45) is -0.506. The van der Waals surface area contributed by atoms with Crippen LogP contribution in [0.1, 0.15) is 30.0 Å². The summed E-state index contributed by atoms with van der Waals surface area (Å²) in [5.41, 5.74) is 8.35. The van der Waals surface area contributed by atoms with E-state index in [1.165, 1.54) is 0 Å². The lowest BCUT2D eigenvalue weighted by Crippen LogP contribution is -2.19. The van der Waals surface area contributed by atoms with Crippen LogP contribution in [0.2, 0.25) is 0 Å². The third-order valence-corrected chi connectivity index (χ3v) is 2.77. The number of aromatic nitrogens is 2. The second kappa shape index (κ2) is 4.11. The van der Waals surface area contributed by atoms with Crippen molar-refractivity contribution in [2.75, 3.05) is 6.54 Å². The van der Waals surface area contributed by atoms with E-state index in [1.54, 1.807) is 4.68 Å². The standard InChI is InChI=1S/C10H19N3O/c1-6(5-11)10(14)9-7(2)12-13(4)8(9)3/h6,10,14H,5,11H2,1-4H3. The van der Waals surface area contributed by atoms with Gasteiger partial charge in [-0.2, -0.15) is 5.10 Å². The Bertz CT molecular complexity index is 319. The molecule has 0 aliphatic carbocycles. The van der Waals surface area contributed by atoms with E-state index in [4.69, 9.17) is 5.73 Å². The SMILES string of the molecule is Cc1nn(C)c(C)c1C(O)C(C)CN. The molecule has 4 heteroatoms. The van der Waals surface area contributed by atoms with Gasteiger partial charge in [0.05, 0.1) is 11.8 Å². The van der Waals surface area contributed by atoms with Crippen molar-refractivity contribution in [2.24, 2.45) is 18.7 Å². The van der Waals surface area contributed by atoms with Crippen LogP contribution in [0.25, 0.3) is 0 Å². The van der Waals surface area contributed by atoms with Gasteiger partial charge in [-0.25, -0.2) is 0 Å². The van der Waals surface area contributed by atoms with E-state index in [9.17, 15) is 5.11 Å². The topological polar surface area (TPSA) is 64.1 Å². The average Bonchev–Trinajstić information content (AvgIpc) is 2.39. The summed E-state index contributed by atoms with van der Waals surface area (Å²) in [5.74, 6) is 0.0663. The van der Waals surface area contributed by atoms with Gasteiger partial charge >= 0.3 is 0 Å². The maximum Gasteiger partial charge on any atom is 0.0863 e. The zero-order chi connectivity index (χ0) is 10.9. The highest BCUT2D eigenvalue weighted by molar-refractivity contribution is 5.27. The van der Waals surface area contributed by atoms with Crippen LogP contribution in [0.4, 0.5) is 0 Å². The lowest BCUT2D eigenvalue weighted by Gasteiger charge is -2.17. The number of nitrogens with two attached hydrogens (primary N) is 1. The summed E-state index contributed by atoms with van der Waals surface area (Å²) in [7, 11) is 1.88. The average molecular weight is 197 g/mol. The van der Waals surface area contributed by atoms with Gasteiger partial charge in [-0.3, -0.25) is 4.68 Å². The third kappa shape index (κ3) is 1.81. The number of nitrogens with zero attached hydrogens (tertiary/aromatic N) is 2. The Balaban J connectivity index is 3.05. The first kappa shape index (κ1) is 11.2. The highest BCUT2D eigenvalue weighted by Crippen LogP contribution is 2.26. The van der Waals surface area contributed by atoms with Crippen LogP contribution in [-0.2, 0) is 7.05 Å². The van der Waals surface area contributed by atoms with E-state index < -0.39 is 6.10 Å². The first-order chi connectivity index (χ1) is 6.49. The fraction of sp³-hybridized carbons (Fsp3) is 0.700. The molecule has 0 aromatic carbocycles. The lowest BCUT2D eigenvalue weighted by molar-refractivity contribution is 0.120. The van der Waals surface area contributed by atoms with E-state index in [1.807, 2.05) is 27.8 Å². The number of aryl methyl sites for hydroxylation is 2. The first-order valence-corrected chi connectivity index (χ1v) is 4.87. The summed E-state index contributed by atoms with van der Waals surface area (Å²) in [6, 6.07) is 0. The Morgan fingerprint density at radius 1 is 1.50 bits per heavy atom. The van der Waals surface area contributed by atoms with Gasteiger partial charge in [0.1, 0.15) is 0 Å². The van der Waals surface area contributed by atoms with Crippen LogP contribution in [0.5, 0.6) is 0 Å². The predicted molar refractivity (Wildman–Crippen MR) is 55.9 cm³/mol. The van der Waals surface area contributed by atoms with Crippen molar-refractivity contribution < 1.29 is 5.11 Å². The van der Waals surface area contributed by atoms with Crippen molar-refractivity contribution in [1.29, 1.82) is 0 Å². The molecule has 80 valence electrons. The molecule has 0 radical (unpaired) electrons. The molecule has 0 amide bonds. The van der Waals surface area contributed by atoms with Gasteiger partial charge in [0, 0.05) is 18.3 Å². The van der Waals surface area contributed by atoms with E-state index in [0.717, 1.165) is 17.0 Å². The summed E-state index contributed by atoms with van der Waals surface area (Å²) in [6.45, 7) is 6.29. The number of aliphatic hydroxyl groups excluding tert-OH is 1. The van der Waals surface area contributed by atoms with E-state index in [2.05, 4.69) is 5.10 Å². The van der Waals surface area contributed by atoms with Gasteiger partial charge in [-0.15, -0.1) is 0 Å². The lowest BCUT2D eigenvalue weighted by atomic mass is 9.96. The van der Waals surface area contributed by atoms with Crippen molar-refractivity contribution in [3.8, 4) is 0 Å². The number of aliphatic hydroxyl groups is 1. The normalized spacial score (nSPS) is 15.6. The molecule has 0 aliphatic heterocycles. The molecule has 0 saturated heterocycles. The van der Waals surface area contributed by atoms with E-state index in [0.29, 0.717) is 6.54 Å². The summed E-state index contributed by atoms with van der Waals surface area (Å²) >= 11 is 0. The second-order valence-electron chi connectivity index (χ2n) is 3.87. The monoisotopic (exact) mass is 197 g/mol. The van der Waals surface area contributed by atoms with Crippen molar-refractivity contribution in [1.82, 2.24) is 9.78 Å². The second-order valence-corrected chi connectivity index (χ2v) is 3.87. The first-order valence-electron chi connectivity index (χ1n) is 4.87. The van der Waals surface area contributed by atoms with Crippen LogP contribution < -0.4 is 5.73 Å². The maximum atomic E-state index is 10.0. The van der Waals surface area contributed by atoms with Gasteiger partial charge in [0.15, 0.2) is 0 Å². The van der Waals surface area contributed by atoms with Crippen molar-refractivity contribution in [2.45, 2.75) is 26.9 Å². The summed E-state index contributed by atoms with van der Waals surface area (Å²) < 4.78 is 1.79. The Labute approximate surface area is 84.7 Å². The highest BCUT2D eigenvalue weighted by atomic mass is 16.3. The van der Waals surface area contributed by atoms with Gasteiger partial charge in [0.25, 0.3) is 0 Å². The molecule has 3 N–H and O–H groups in total. The summed E-state index contributed by atoms with van der Waals surface area (Å²) in [4.78, 5) is 0. The molecule has 0 bridgehead atoms. The molecule has 0 aliphatic rings.